The molecule has 3 unspecified atom stereocenters. The fraction of sp³-hybridized carbons (Fsp3) is 0.725. The lowest BCUT2D eigenvalue weighted by Gasteiger charge is -2.41. The molecule has 67 heavy (non-hydrogen) atoms. The number of hydrogen-bond donors (Lipinski definition) is 8. The maximum absolute atomic E-state index is 12.8. The fourth-order valence-electron chi connectivity index (χ4n) is 7.12. The van der Waals surface area contributed by atoms with E-state index in [1.54, 1.807) is 24.3 Å². The number of carbonyl (C=O) groups is 2. The summed E-state index contributed by atoms with van der Waals surface area (Å²) in [4.78, 5) is 35.8. The molecular formula is C51H87O15P. The van der Waals surface area contributed by atoms with E-state index < -0.39 is 87.9 Å². The number of aliphatic hydroxyl groups excluding tert-OH is 7. The topological polar surface area (TPSA) is 250 Å². The Morgan fingerprint density at radius 2 is 1.00 bits per heavy atom. The molecule has 1 aliphatic carbocycles. The van der Waals surface area contributed by atoms with Gasteiger partial charge in [0.05, 0.1) is 18.8 Å². The lowest BCUT2D eigenvalue weighted by molar-refractivity contribution is -0.220. The van der Waals surface area contributed by atoms with Crippen LogP contribution in [0.25, 0.3) is 0 Å². The first-order chi connectivity index (χ1) is 32.2. The normalized spacial score (nSPS) is 22.7. The summed E-state index contributed by atoms with van der Waals surface area (Å²) in [7, 11) is -5.19. The van der Waals surface area contributed by atoms with Crippen molar-refractivity contribution in [3.8, 4) is 0 Å². The Labute approximate surface area is 401 Å². The Morgan fingerprint density at radius 1 is 0.537 bits per heavy atom. The minimum Gasteiger partial charge on any atom is -0.462 e. The molecule has 0 radical (unpaired) electrons. The van der Waals surface area contributed by atoms with Crippen LogP contribution in [0.4, 0.5) is 0 Å². The van der Waals surface area contributed by atoms with Crippen molar-refractivity contribution >= 4 is 19.8 Å². The summed E-state index contributed by atoms with van der Waals surface area (Å²) in [6.45, 7) is 2.99. The number of aliphatic hydroxyl groups is 7. The molecule has 1 fully saturated rings. The highest BCUT2D eigenvalue weighted by Gasteiger charge is 2.51. The molecule has 1 rings (SSSR count). The van der Waals surface area contributed by atoms with Gasteiger partial charge in [0.2, 0.25) is 0 Å². The predicted octanol–water partition coefficient (Wildman–Crippen LogP) is 8.22. The maximum Gasteiger partial charge on any atom is 0.472 e. The summed E-state index contributed by atoms with van der Waals surface area (Å²) in [5.74, 6) is -1.34. The van der Waals surface area contributed by atoms with Crippen molar-refractivity contribution < 1.29 is 73.3 Å². The van der Waals surface area contributed by atoms with Crippen molar-refractivity contribution in [2.45, 2.75) is 223 Å². The van der Waals surface area contributed by atoms with E-state index in [2.05, 4.69) is 38.2 Å². The molecule has 0 spiro atoms. The summed E-state index contributed by atoms with van der Waals surface area (Å²) >= 11 is 0. The molecule has 0 aromatic heterocycles. The van der Waals surface area contributed by atoms with Gasteiger partial charge < -0.3 is 50.1 Å². The molecule has 0 amide bonds. The summed E-state index contributed by atoms with van der Waals surface area (Å²) in [5, 5.41) is 70.5. The average Bonchev–Trinajstić information content (AvgIpc) is 3.30. The van der Waals surface area contributed by atoms with Gasteiger partial charge >= 0.3 is 19.8 Å². The first-order valence-electron chi connectivity index (χ1n) is 25.0. The zero-order chi connectivity index (χ0) is 49.5. The van der Waals surface area contributed by atoms with Crippen molar-refractivity contribution in [1.29, 1.82) is 0 Å². The van der Waals surface area contributed by atoms with Crippen LogP contribution in [-0.4, -0.2) is 121 Å². The lowest BCUT2D eigenvalue weighted by atomic mass is 9.85. The number of unbranched alkanes of at least 4 members (excludes halogenated alkanes) is 14. The van der Waals surface area contributed by atoms with Crippen LogP contribution in [0.1, 0.15) is 168 Å². The Morgan fingerprint density at radius 3 is 1.57 bits per heavy atom. The van der Waals surface area contributed by atoms with Crippen LogP contribution in [0.2, 0.25) is 0 Å². The van der Waals surface area contributed by atoms with Crippen LogP contribution in [0.5, 0.6) is 0 Å². The van der Waals surface area contributed by atoms with Crippen LogP contribution in [0, 0.1) is 0 Å². The first-order valence-corrected chi connectivity index (χ1v) is 26.5. The molecule has 15 nitrogen and oxygen atoms in total. The van der Waals surface area contributed by atoms with Crippen LogP contribution in [0.3, 0.4) is 0 Å². The Kier molecular flexibility index (Phi) is 37.1. The van der Waals surface area contributed by atoms with E-state index in [0.717, 1.165) is 64.2 Å². The van der Waals surface area contributed by atoms with Crippen LogP contribution < -0.4 is 0 Å². The zero-order valence-electron chi connectivity index (χ0n) is 40.4. The molecule has 0 saturated heterocycles. The monoisotopic (exact) mass is 971 g/mol. The summed E-state index contributed by atoms with van der Waals surface area (Å²) in [6, 6.07) is 0. The van der Waals surface area contributed by atoms with Gasteiger partial charge in [0.15, 0.2) is 6.10 Å². The number of ether oxygens (including phenoxy) is 2. The average molecular weight is 971 g/mol. The van der Waals surface area contributed by atoms with Gasteiger partial charge in [-0.25, -0.2) is 4.57 Å². The molecule has 1 saturated carbocycles. The number of esters is 2. The molecule has 0 aliphatic heterocycles. The second-order valence-electron chi connectivity index (χ2n) is 17.4. The first kappa shape index (κ1) is 62.2. The smallest absolute Gasteiger partial charge is 0.462 e. The highest BCUT2D eigenvalue weighted by atomic mass is 31.2. The van der Waals surface area contributed by atoms with Gasteiger partial charge in [-0.2, -0.15) is 0 Å². The SMILES string of the molecule is CCCCC/C=C\C/C=C\CCCCCCCCCCCC(=O)OC[C@H](COP(=O)(O)OC1[C@H](O)[C@H](O)C(O)[C@H](O)[C@H]1O)OC(=O)CCC[C@H](O)/C=C/C=C\C/C=C\C=C\[C@H](O)CCCCC. The van der Waals surface area contributed by atoms with Crippen molar-refractivity contribution in [3.05, 3.63) is 72.9 Å². The molecule has 1 aliphatic rings. The number of allylic oxidation sites excluding steroid dienone is 10. The second-order valence-corrected chi connectivity index (χ2v) is 18.8. The molecule has 16 heteroatoms. The van der Waals surface area contributed by atoms with Gasteiger partial charge in [-0.15, -0.1) is 0 Å². The van der Waals surface area contributed by atoms with E-state index in [-0.39, 0.29) is 25.7 Å². The third-order valence-corrected chi connectivity index (χ3v) is 12.2. The predicted molar refractivity (Wildman–Crippen MR) is 261 cm³/mol. The van der Waals surface area contributed by atoms with E-state index in [1.807, 2.05) is 24.3 Å². The van der Waals surface area contributed by atoms with Crippen molar-refractivity contribution in [1.82, 2.24) is 0 Å². The number of carbonyl (C=O) groups excluding carboxylic acids is 2. The third-order valence-electron chi connectivity index (χ3n) is 11.2. The summed E-state index contributed by atoms with van der Waals surface area (Å²) in [6.07, 6.45) is 30.0. The fourth-order valence-corrected chi connectivity index (χ4v) is 8.09. The molecule has 0 bridgehead atoms. The van der Waals surface area contributed by atoms with Crippen LogP contribution in [0.15, 0.2) is 72.9 Å². The number of phosphoric acid groups is 1. The molecule has 10 atom stereocenters. The molecular weight excluding hydrogens is 884 g/mol. The quantitative estimate of drug-likeness (QED) is 0.00947. The Bertz CT molecular complexity index is 1480. The summed E-state index contributed by atoms with van der Waals surface area (Å²) < 4.78 is 33.4. The number of rotatable bonds is 40. The molecule has 8 N–H and O–H groups in total. The van der Waals surface area contributed by atoms with Gasteiger partial charge in [0, 0.05) is 12.8 Å². The van der Waals surface area contributed by atoms with Crippen LogP contribution in [-0.2, 0) is 32.7 Å². The molecule has 0 aromatic carbocycles. The van der Waals surface area contributed by atoms with E-state index in [4.69, 9.17) is 18.5 Å². The third kappa shape index (κ3) is 32.6. The maximum atomic E-state index is 12.8. The van der Waals surface area contributed by atoms with E-state index in [0.29, 0.717) is 12.8 Å². The van der Waals surface area contributed by atoms with Gasteiger partial charge in [-0.3, -0.25) is 18.6 Å². The number of hydrogen-bond acceptors (Lipinski definition) is 14. The van der Waals surface area contributed by atoms with Gasteiger partial charge in [-0.1, -0.05) is 164 Å². The van der Waals surface area contributed by atoms with Crippen molar-refractivity contribution in [2.75, 3.05) is 13.2 Å². The Balaban J connectivity index is 2.53. The highest BCUT2D eigenvalue weighted by molar-refractivity contribution is 7.47. The van der Waals surface area contributed by atoms with Crippen LogP contribution >= 0.6 is 7.82 Å². The number of phosphoric ester groups is 1. The lowest BCUT2D eigenvalue weighted by Crippen LogP contribution is -2.64. The van der Waals surface area contributed by atoms with E-state index >= 15 is 0 Å². The van der Waals surface area contributed by atoms with Crippen molar-refractivity contribution in [2.24, 2.45) is 0 Å². The zero-order valence-corrected chi connectivity index (χ0v) is 41.3. The minimum atomic E-state index is -5.19. The standard InChI is InChI=1S/C51H87O15P/c1-3-5-7-8-9-10-11-12-13-14-15-16-17-18-19-20-24-27-31-37-44(54)63-39-43(40-64-67(61,62)66-51-49(59)47(57)46(56)48(58)50(51)60)65-45(55)38-32-36-42(53)35-30-26-23-21-22-25-29-34-41(52)33-28-6-4-2/h9-10,12-13,22-23,25-26,29-30,34-35,41-43,46-53,56-60H,3-8,11,14-21,24,27-28,31-33,36-40H2,1-2H3,(H,61,62)/b10-9-,13-12-,25-22-,26-23-,34-29+,35-30+/t41-,42-,43-,46?,47-,48+,49-,50-,51?/m1/s1. The summed E-state index contributed by atoms with van der Waals surface area (Å²) in [5.41, 5.74) is 0. The second kappa shape index (κ2) is 40.0. The van der Waals surface area contributed by atoms with Gasteiger partial charge in [-0.05, 0) is 64.2 Å². The molecule has 0 aromatic rings. The minimum absolute atomic E-state index is 0.109. The van der Waals surface area contributed by atoms with Gasteiger partial charge in [0.1, 0.15) is 43.2 Å². The largest absolute Gasteiger partial charge is 0.472 e. The van der Waals surface area contributed by atoms with Crippen molar-refractivity contribution in [3.63, 3.8) is 0 Å². The molecule has 386 valence electrons. The highest BCUT2D eigenvalue weighted by Crippen LogP contribution is 2.47. The van der Waals surface area contributed by atoms with E-state index in [1.165, 1.54) is 51.4 Å². The molecule has 0 heterocycles. The van der Waals surface area contributed by atoms with Gasteiger partial charge in [0.25, 0.3) is 0 Å². The van der Waals surface area contributed by atoms with E-state index in [9.17, 15) is 54.8 Å². The Hall–Kier alpha value is -2.79.